The summed E-state index contributed by atoms with van der Waals surface area (Å²) >= 11 is 0. The Morgan fingerprint density at radius 2 is 2.20 bits per heavy atom. The van der Waals surface area contributed by atoms with Gasteiger partial charge in [0.05, 0.1) is 5.69 Å². The average molecular weight is 202 g/mol. The Balaban J connectivity index is 2.63. The van der Waals surface area contributed by atoms with E-state index in [0.717, 1.165) is 5.82 Å². The topological polar surface area (TPSA) is 73.8 Å². The number of carbonyl (C=O) groups is 1. The fraction of sp³-hybridized carbons (Fsp3) is 0.100. The van der Waals surface area contributed by atoms with Crippen molar-refractivity contribution in [2.75, 3.05) is 0 Å². The van der Waals surface area contributed by atoms with Crippen LogP contribution in [0.4, 0.5) is 0 Å². The molecule has 0 spiro atoms. The second-order valence-corrected chi connectivity index (χ2v) is 3.08. The summed E-state index contributed by atoms with van der Waals surface area (Å²) < 4.78 is 1.77. The van der Waals surface area contributed by atoms with Crippen LogP contribution in [-0.2, 0) is 0 Å². The zero-order valence-corrected chi connectivity index (χ0v) is 8.21. The lowest BCUT2D eigenvalue weighted by molar-refractivity contribution is 0.0995. The summed E-state index contributed by atoms with van der Waals surface area (Å²) in [5.41, 5.74) is 6.14. The van der Waals surface area contributed by atoms with E-state index in [0.29, 0.717) is 5.69 Å². The zero-order chi connectivity index (χ0) is 10.8. The van der Waals surface area contributed by atoms with Crippen LogP contribution < -0.4 is 5.73 Å². The Hall–Kier alpha value is -2.17. The second-order valence-electron chi connectivity index (χ2n) is 3.08. The maximum Gasteiger partial charge on any atom is 0.269 e. The molecule has 1 amide bonds. The highest BCUT2D eigenvalue weighted by Gasteiger charge is 2.11. The minimum Gasteiger partial charge on any atom is -0.364 e. The summed E-state index contributed by atoms with van der Waals surface area (Å²) in [7, 11) is 0. The van der Waals surface area contributed by atoms with Crippen LogP contribution in [-0.4, -0.2) is 20.4 Å². The number of nitrogens with zero attached hydrogens (tertiary/aromatic N) is 3. The first-order chi connectivity index (χ1) is 7.20. The van der Waals surface area contributed by atoms with Gasteiger partial charge in [0, 0.05) is 18.6 Å². The van der Waals surface area contributed by atoms with Crippen LogP contribution in [0.1, 0.15) is 16.3 Å². The highest BCUT2D eigenvalue weighted by Crippen LogP contribution is 2.12. The first-order valence-corrected chi connectivity index (χ1v) is 4.45. The molecule has 15 heavy (non-hydrogen) atoms. The Morgan fingerprint density at radius 1 is 1.40 bits per heavy atom. The molecule has 0 fully saturated rings. The third-order valence-corrected chi connectivity index (χ3v) is 2.11. The molecule has 76 valence electrons. The van der Waals surface area contributed by atoms with E-state index in [1.807, 2.05) is 6.92 Å². The molecule has 0 atom stereocenters. The van der Waals surface area contributed by atoms with Gasteiger partial charge in [-0.15, -0.1) is 0 Å². The number of primary amides is 1. The summed E-state index contributed by atoms with van der Waals surface area (Å²) in [6.07, 6.45) is 4.96. The van der Waals surface area contributed by atoms with Gasteiger partial charge in [-0.05, 0) is 19.1 Å². The molecular weight excluding hydrogens is 192 g/mol. The lowest BCUT2D eigenvalue weighted by Gasteiger charge is -2.07. The summed E-state index contributed by atoms with van der Waals surface area (Å²) in [5, 5.41) is 0. The predicted molar refractivity (Wildman–Crippen MR) is 54.6 cm³/mol. The van der Waals surface area contributed by atoms with Gasteiger partial charge < -0.3 is 10.3 Å². The van der Waals surface area contributed by atoms with Crippen LogP contribution in [0.2, 0.25) is 0 Å². The molecule has 0 aliphatic heterocycles. The molecule has 0 bridgehead atoms. The number of aryl methyl sites for hydroxylation is 1. The van der Waals surface area contributed by atoms with Crippen molar-refractivity contribution >= 4 is 5.91 Å². The number of imidazole rings is 1. The molecule has 0 aliphatic rings. The van der Waals surface area contributed by atoms with Gasteiger partial charge in [0.15, 0.2) is 5.69 Å². The molecule has 0 radical (unpaired) electrons. The molecule has 2 heterocycles. The largest absolute Gasteiger partial charge is 0.364 e. The maximum absolute atomic E-state index is 11.2. The van der Waals surface area contributed by atoms with Crippen molar-refractivity contribution in [1.82, 2.24) is 14.5 Å². The van der Waals surface area contributed by atoms with E-state index in [1.54, 1.807) is 29.1 Å². The lowest BCUT2D eigenvalue weighted by Crippen LogP contribution is -2.16. The molecule has 2 N–H and O–H groups in total. The first-order valence-electron chi connectivity index (χ1n) is 4.45. The van der Waals surface area contributed by atoms with Crippen molar-refractivity contribution in [3.05, 3.63) is 42.2 Å². The van der Waals surface area contributed by atoms with E-state index < -0.39 is 5.91 Å². The summed E-state index contributed by atoms with van der Waals surface area (Å²) in [6.45, 7) is 1.85. The quantitative estimate of drug-likeness (QED) is 0.778. The molecule has 0 aromatic carbocycles. The second kappa shape index (κ2) is 3.53. The van der Waals surface area contributed by atoms with Gasteiger partial charge in [-0.25, -0.2) is 9.97 Å². The minimum absolute atomic E-state index is 0.249. The van der Waals surface area contributed by atoms with Gasteiger partial charge in [-0.1, -0.05) is 0 Å². The van der Waals surface area contributed by atoms with Crippen molar-refractivity contribution in [2.45, 2.75) is 6.92 Å². The predicted octanol–water partition coefficient (Wildman–Crippen LogP) is 0.675. The molecule has 0 aliphatic carbocycles. The van der Waals surface area contributed by atoms with Crippen molar-refractivity contribution < 1.29 is 4.79 Å². The highest BCUT2D eigenvalue weighted by atomic mass is 16.1. The number of carbonyl (C=O) groups excluding carboxylic acids is 1. The van der Waals surface area contributed by atoms with Crippen LogP contribution >= 0.6 is 0 Å². The van der Waals surface area contributed by atoms with Crippen LogP contribution in [0.15, 0.2) is 30.7 Å². The lowest BCUT2D eigenvalue weighted by atomic mass is 10.3. The van der Waals surface area contributed by atoms with Crippen molar-refractivity contribution in [3.8, 4) is 5.69 Å². The van der Waals surface area contributed by atoms with Gasteiger partial charge in [0.2, 0.25) is 0 Å². The zero-order valence-electron chi connectivity index (χ0n) is 8.21. The number of aromatic nitrogens is 3. The average Bonchev–Trinajstić information content (AvgIpc) is 2.64. The molecule has 5 heteroatoms. The normalized spacial score (nSPS) is 10.2. The number of hydrogen-bond acceptors (Lipinski definition) is 3. The molecule has 0 saturated carbocycles. The Morgan fingerprint density at radius 3 is 2.80 bits per heavy atom. The molecule has 0 saturated heterocycles. The number of nitrogens with two attached hydrogens (primary N) is 1. The van der Waals surface area contributed by atoms with E-state index in [-0.39, 0.29) is 5.69 Å². The summed E-state index contributed by atoms with van der Waals surface area (Å²) in [4.78, 5) is 19.2. The number of rotatable bonds is 2. The highest BCUT2D eigenvalue weighted by molar-refractivity contribution is 5.94. The van der Waals surface area contributed by atoms with E-state index >= 15 is 0 Å². The Kier molecular flexibility index (Phi) is 2.21. The third kappa shape index (κ3) is 1.59. The van der Waals surface area contributed by atoms with Gasteiger partial charge in [0.25, 0.3) is 5.91 Å². The number of amides is 1. The molecular formula is C10H10N4O. The molecule has 2 aromatic heterocycles. The van der Waals surface area contributed by atoms with Crippen LogP contribution in [0.25, 0.3) is 5.69 Å². The molecule has 2 rings (SSSR count). The van der Waals surface area contributed by atoms with Crippen LogP contribution in [0, 0.1) is 6.92 Å². The van der Waals surface area contributed by atoms with Crippen molar-refractivity contribution in [1.29, 1.82) is 0 Å². The summed E-state index contributed by atoms with van der Waals surface area (Å²) in [5.74, 6) is 0.240. The molecule has 2 aromatic rings. The maximum atomic E-state index is 11.2. The fourth-order valence-electron chi connectivity index (χ4n) is 1.41. The fourth-order valence-corrected chi connectivity index (χ4v) is 1.41. The summed E-state index contributed by atoms with van der Waals surface area (Å²) in [6, 6.07) is 3.53. The van der Waals surface area contributed by atoms with E-state index in [1.165, 1.54) is 6.20 Å². The Labute approximate surface area is 86.6 Å². The van der Waals surface area contributed by atoms with E-state index in [2.05, 4.69) is 9.97 Å². The third-order valence-electron chi connectivity index (χ3n) is 2.11. The Bertz CT molecular complexity index is 504. The molecule has 0 unspecified atom stereocenters. The van der Waals surface area contributed by atoms with Gasteiger partial charge in [0.1, 0.15) is 5.82 Å². The smallest absolute Gasteiger partial charge is 0.269 e. The standard InChI is InChI=1S/C10H10N4O/c1-7-12-5-6-14(7)8-3-2-4-13-9(8)10(11)15/h2-6H,1H3,(H2,11,15). The number of pyridine rings is 1. The van der Waals surface area contributed by atoms with E-state index in [9.17, 15) is 4.79 Å². The van der Waals surface area contributed by atoms with Crippen molar-refractivity contribution in [3.63, 3.8) is 0 Å². The monoisotopic (exact) mass is 202 g/mol. The minimum atomic E-state index is -0.543. The van der Waals surface area contributed by atoms with Gasteiger partial charge in [-0.3, -0.25) is 4.79 Å². The van der Waals surface area contributed by atoms with Gasteiger partial charge >= 0.3 is 0 Å². The number of hydrogen-bond donors (Lipinski definition) is 1. The first kappa shape index (κ1) is 9.39. The SMILES string of the molecule is Cc1nccn1-c1cccnc1C(N)=O. The molecule has 5 nitrogen and oxygen atoms in total. The van der Waals surface area contributed by atoms with Crippen LogP contribution in [0.5, 0.6) is 0 Å². The van der Waals surface area contributed by atoms with Crippen molar-refractivity contribution in [2.24, 2.45) is 5.73 Å². The van der Waals surface area contributed by atoms with Crippen LogP contribution in [0.3, 0.4) is 0 Å². The van der Waals surface area contributed by atoms with Gasteiger partial charge in [-0.2, -0.15) is 0 Å². The van der Waals surface area contributed by atoms with E-state index in [4.69, 9.17) is 5.73 Å².